The lowest BCUT2D eigenvalue weighted by atomic mass is 10.0. The Balaban J connectivity index is 1.64. The van der Waals surface area contributed by atoms with E-state index in [0.717, 1.165) is 38.5 Å². The summed E-state index contributed by atoms with van der Waals surface area (Å²) < 4.78 is 10.7. The number of anilines is 1. The Morgan fingerprint density at radius 1 is 0.941 bits per heavy atom. The Kier molecular flexibility index (Phi) is 7.50. The van der Waals surface area contributed by atoms with Gasteiger partial charge in [-0.15, -0.1) is 0 Å². The molecule has 7 nitrogen and oxygen atoms in total. The molecule has 0 bridgehead atoms. The molecule has 34 heavy (non-hydrogen) atoms. The van der Waals surface area contributed by atoms with Crippen molar-refractivity contribution in [1.82, 2.24) is 4.90 Å². The fourth-order valence-electron chi connectivity index (χ4n) is 4.94. The van der Waals surface area contributed by atoms with Crippen LogP contribution in [-0.2, 0) is 9.59 Å². The molecule has 3 amide bonds. The van der Waals surface area contributed by atoms with Gasteiger partial charge in [0, 0.05) is 11.6 Å². The SMILES string of the molecule is CCOc1ccc(N2C(=O)CC(N(C(=O)c3ccc(OC)cc3)C3CCCCCC3)C2=O)cc1. The van der Waals surface area contributed by atoms with Crippen molar-refractivity contribution in [1.29, 1.82) is 0 Å². The van der Waals surface area contributed by atoms with Gasteiger partial charge in [0.1, 0.15) is 17.5 Å². The largest absolute Gasteiger partial charge is 0.497 e. The second kappa shape index (κ2) is 10.7. The average molecular weight is 465 g/mol. The Morgan fingerprint density at radius 2 is 1.56 bits per heavy atom. The highest BCUT2D eigenvalue weighted by Gasteiger charge is 2.46. The molecule has 1 aliphatic heterocycles. The number of nitrogens with zero attached hydrogens (tertiary/aromatic N) is 2. The maximum Gasteiger partial charge on any atom is 0.257 e. The summed E-state index contributed by atoms with van der Waals surface area (Å²) in [5.41, 5.74) is 0.989. The average Bonchev–Trinajstić information content (AvgIpc) is 3.01. The summed E-state index contributed by atoms with van der Waals surface area (Å²) in [7, 11) is 1.58. The van der Waals surface area contributed by atoms with Crippen LogP contribution in [0.4, 0.5) is 5.69 Å². The fourth-order valence-corrected chi connectivity index (χ4v) is 4.94. The highest BCUT2D eigenvalue weighted by atomic mass is 16.5. The Labute approximate surface area is 200 Å². The first-order valence-electron chi connectivity index (χ1n) is 12.1. The summed E-state index contributed by atoms with van der Waals surface area (Å²) in [4.78, 5) is 43.3. The van der Waals surface area contributed by atoms with Crippen LogP contribution in [0.2, 0.25) is 0 Å². The lowest BCUT2D eigenvalue weighted by molar-refractivity contribution is -0.123. The van der Waals surface area contributed by atoms with E-state index in [0.29, 0.717) is 29.4 Å². The molecule has 0 spiro atoms. The third-order valence-electron chi connectivity index (χ3n) is 6.65. The first-order valence-corrected chi connectivity index (χ1v) is 12.1. The van der Waals surface area contributed by atoms with E-state index in [1.807, 2.05) is 6.92 Å². The van der Waals surface area contributed by atoms with Crippen LogP contribution in [0.15, 0.2) is 48.5 Å². The van der Waals surface area contributed by atoms with Gasteiger partial charge >= 0.3 is 0 Å². The number of carbonyl (C=O) groups excluding carboxylic acids is 3. The van der Waals surface area contributed by atoms with Crippen LogP contribution in [-0.4, -0.2) is 48.4 Å². The zero-order chi connectivity index (χ0) is 24.1. The predicted molar refractivity (Wildman–Crippen MR) is 129 cm³/mol. The molecule has 1 unspecified atom stereocenters. The van der Waals surface area contributed by atoms with E-state index in [1.54, 1.807) is 60.5 Å². The highest BCUT2D eigenvalue weighted by molar-refractivity contribution is 6.23. The molecule has 2 aromatic rings. The van der Waals surface area contributed by atoms with Gasteiger partial charge in [-0.25, -0.2) is 4.90 Å². The van der Waals surface area contributed by atoms with Gasteiger partial charge in [-0.3, -0.25) is 14.4 Å². The van der Waals surface area contributed by atoms with Gasteiger partial charge < -0.3 is 14.4 Å². The van der Waals surface area contributed by atoms with Crippen molar-refractivity contribution in [3.8, 4) is 11.5 Å². The maximum atomic E-state index is 13.7. The number of rotatable bonds is 7. The van der Waals surface area contributed by atoms with Crippen LogP contribution < -0.4 is 14.4 Å². The predicted octanol–water partition coefficient (Wildman–Crippen LogP) is 4.59. The highest BCUT2D eigenvalue weighted by Crippen LogP contribution is 2.32. The smallest absolute Gasteiger partial charge is 0.257 e. The minimum Gasteiger partial charge on any atom is -0.497 e. The topological polar surface area (TPSA) is 76.2 Å². The molecule has 0 radical (unpaired) electrons. The Hall–Kier alpha value is -3.35. The molecule has 2 aliphatic rings. The zero-order valence-electron chi connectivity index (χ0n) is 19.9. The first-order chi connectivity index (χ1) is 16.5. The number of hydrogen-bond donors (Lipinski definition) is 0. The van der Waals surface area contributed by atoms with E-state index in [-0.39, 0.29) is 30.2 Å². The summed E-state index contributed by atoms with van der Waals surface area (Å²) in [6.07, 6.45) is 5.92. The van der Waals surface area contributed by atoms with Gasteiger partial charge in [-0.2, -0.15) is 0 Å². The standard InChI is InChI=1S/C27H32N2O5/c1-3-34-23-16-12-21(13-17-23)29-25(30)18-24(27(29)32)28(20-8-6-4-5-7-9-20)26(31)19-10-14-22(33-2)15-11-19/h10-17,20,24H,3-9,18H2,1-2H3. The molecular weight excluding hydrogens is 432 g/mol. The molecule has 1 saturated heterocycles. The van der Waals surface area contributed by atoms with Crippen molar-refractivity contribution in [3.63, 3.8) is 0 Å². The first kappa shape index (κ1) is 23.8. The minimum absolute atomic E-state index is 0.00948. The quantitative estimate of drug-likeness (QED) is 0.442. The van der Waals surface area contributed by atoms with Gasteiger partial charge in [-0.1, -0.05) is 25.7 Å². The van der Waals surface area contributed by atoms with Gasteiger partial charge in [0.25, 0.3) is 11.8 Å². The van der Waals surface area contributed by atoms with E-state index in [4.69, 9.17) is 9.47 Å². The van der Waals surface area contributed by atoms with Crippen LogP contribution in [0.1, 0.15) is 62.2 Å². The molecular formula is C27H32N2O5. The number of ether oxygens (including phenoxy) is 2. The Morgan fingerprint density at radius 3 is 2.15 bits per heavy atom. The lowest BCUT2D eigenvalue weighted by Crippen LogP contribution is -2.50. The number of hydrogen-bond acceptors (Lipinski definition) is 5. The van der Waals surface area contributed by atoms with Gasteiger partial charge in [-0.05, 0) is 68.3 Å². The summed E-state index contributed by atoms with van der Waals surface area (Å²) in [6.45, 7) is 2.43. The van der Waals surface area contributed by atoms with Crippen LogP contribution in [0.3, 0.4) is 0 Å². The van der Waals surface area contributed by atoms with Crippen molar-refractivity contribution >= 4 is 23.4 Å². The molecule has 4 rings (SSSR count). The molecule has 1 aliphatic carbocycles. The number of imide groups is 1. The minimum atomic E-state index is -0.809. The third kappa shape index (κ3) is 4.93. The second-order valence-corrected chi connectivity index (χ2v) is 8.80. The monoisotopic (exact) mass is 464 g/mol. The van der Waals surface area contributed by atoms with Gasteiger partial charge in [0.2, 0.25) is 5.91 Å². The maximum absolute atomic E-state index is 13.7. The molecule has 180 valence electrons. The molecule has 0 N–H and O–H groups in total. The van der Waals surface area contributed by atoms with Crippen LogP contribution in [0.5, 0.6) is 11.5 Å². The van der Waals surface area contributed by atoms with E-state index < -0.39 is 6.04 Å². The van der Waals surface area contributed by atoms with Crippen LogP contribution in [0, 0.1) is 0 Å². The van der Waals surface area contributed by atoms with Crippen molar-refractivity contribution < 1.29 is 23.9 Å². The molecule has 2 aromatic carbocycles. The van der Waals surface area contributed by atoms with E-state index in [1.165, 1.54) is 4.90 Å². The van der Waals surface area contributed by atoms with E-state index >= 15 is 0 Å². The van der Waals surface area contributed by atoms with E-state index in [9.17, 15) is 14.4 Å². The van der Waals surface area contributed by atoms with Crippen LogP contribution in [0.25, 0.3) is 0 Å². The fraction of sp³-hybridized carbons (Fsp3) is 0.444. The Bertz CT molecular complexity index is 1010. The zero-order valence-corrected chi connectivity index (χ0v) is 19.9. The van der Waals surface area contributed by atoms with Crippen molar-refractivity contribution in [2.24, 2.45) is 0 Å². The normalized spacial score (nSPS) is 19.1. The van der Waals surface area contributed by atoms with Gasteiger partial charge in [0.05, 0.1) is 25.8 Å². The number of methoxy groups -OCH3 is 1. The molecule has 1 atom stereocenters. The molecule has 2 fully saturated rings. The number of benzene rings is 2. The van der Waals surface area contributed by atoms with Crippen molar-refractivity contribution in [2.45, 2.75) is 64.0 Å². The molecule has 7 heteroatoms. The van der Waals surface area contributed by atoms with Crippen molar-refractivity contribution in [2.75, 3.05) is 18.6 Å². The lowest BCUT2D eigenvalue weighted by Gasteiger charge is -2.35. The molecule has 1 saturated carbocycles. The number of carbonyl (C=O) groups is 3. The van der Waals surface area contributed by atoms with E-state index in [2.05, 4.69) is 0 Å². The number of amides is 3. The van der Waals surface area contributed by atoms with Crippen molar-refractivity contribution in [3.05, 3.63) is 54.1 Å². The second-order valence-electron chi connectivity index (χ2n) is 8.80. The molecule has 0 aromatic heterocycles. The molecule has 1 heterocycles. The van der Waals surface area contributed by atoms with Gasteiger partial charge in [0.15, 0.2) is 0 Å². The summed E-state index contributed by atoms with van der Waals surface area (Å²) in [5, 5.41) is 0. The summed E-state index contributed by atoms with van der Waals surface area (Å²) >= 11 is 0. The third-order valence-corrected chi connectivity index (χ3v) is 6.65. The summed E-state index contributed by atoms with van der Waals surface area (Å²) in [5.74, 6) is 0.484. The van der Waals surface area contributed by atoms with Crippen LogP contribution >= 0.6 is 0 Å². The summed E-state index contributed by atoms with van der Waals surface area (Å²) in [6, 6.07) is 13.0.